The molecule has 1 aliphatic heterocycles. The summed E-state index contributed by atoms with van der Waals surface area (Å²) in [4.78, 5) is 3.78. The highest BCUT2D eigenvalue weighted by atomic mass is 32.2. The zero-order chi connectivity index (χ0) is 15.9. The lowest BCUT2D eigenvalue weighted by atomic mass is 10.0. The molecule has 0 atom stereocenters. The Hall–Kier alpha value is -1.49. The van der Waals surface area contributed by atoms with Crippen LogP contribution in [0, 0.1) is 11.3 Å². The Kier molecular flexibility index (Phi) is 3.82. The van der Waals surface area contributed by atoms with Crippen molar-refractivity contribution in [2.75, 3.05) is 13.1 Å². The van der Waals surface area contributed by atoms with Gasteiger partial charge in [-0.1, -0.05) is 0 Å². The molecule has 0 N–H and O–H groups in total. The Morgan fingerprint density at radius 3 is 2.38 bits per heavy atom. The summed E-state index contributed by atoms with van der Waals surface area (Å²) in [5.41, 5.74) is -1.27. The molecule has 7 heteroatoms. The van der Waals surface area contributed by atoms with Crippen LogP contribution in [0.4, 0.5) is 0 Å². The molecule has 0 spiro atoms. The highest BCUT2D eigenvalue weighted by Gasteiger charge is 2.43. The Morgan fingerprint density at radius 1 is 1.29 bits per heavy atom. The molecule has 1 aromatic heterocycles. The summed E-state index contributed by atoms with van der Waals surface area (Å²) in [7, 11) is -3.78. The molecular weight excluding hydrogens is 290 g/mol. The predicted octanol–water partition coefficient (Wildman–Crippen LogP) is 1.53. The van der Waals surface area contributed by atoms with E-state index in [0.29, 0.717) is 0 Å². The molecule has 1 aromatic rings. The zero-order valence-electron chi connectivity index (χ0n) is 12.6. The van der Waals surface area contributed by atoms with E-state index in [1.165, 1.54) is 22.6 Å². The van der Waals surface area contributed by atoms with E-state index in [1.54, 1.807) is 0 Å². The summed E-state index contributed by atoms with van der Waals surface area (Å²) in [6, 6.07) is 4.77. The molecule has 6 nitrogen and oxygen atoms in total. The van der Waals surface area contributed by atoms with Gasteiger partial charge in [0, 0.05) is 19.3 Å². The number of morpholine rings is 1. The molecule has 0 amide bonds. The van der Waals surface area contributed by atoms with Gasteiger partial charge >= 0.3 is 0 Å². The van der Waals surface area contributed by atoms with Gasteiger partial charge in [0.2, 0.25) is 10.0 Å². The van der Waals surface area contributed by atoms with Crippen LogP contribution in [-0.4, -0.2) is 42.0 Å². The number of sulfonamides is 1. The van der Waals surface area contributed by atoms with Gasteiger partial charge in [-0.25, -0.2) is 13.4 Å². The van der Waals surface area contributed by atoms with E-state index in [2.05, 4.69) is 4.98 Å². The third-order valence-electron chi connectivity index (χ3n) is 3.16. The number of aromatic nitrogens is 1. The van der Waals surface area contributed by atoms with Gasteiger partial charge in [0.25, 0.3) is 0 Å². The van der Waals surface area contributed by atoms with E-state index >= 15 is 0 Å². The minimum absolute atomic E-state index is 0.0546. The lowest BCUT2D eigenvalue weighted by Crippen LogP contribution is -2.58. The van der Waals surface area contributed by atoms with Crippen molar-refractivity contribution in [1.82, 2.24) is 9.29 Å². The molecule has 1 saturated heterocycles. The summed E-state index contributed by atoms with van der Waals surface area (Å²) >= 11 is 0. The van der Waals surface area contributed by atoms with Crippen molar-refractivity contribution in [3.8, 4) is 6.07 Å². The van der Waals surface area contributed by atoms with Crippen LogP contribution in [0.5, 0.6) is 0 Å². The molecule has 0 saturated carbocycles. The monoisotopic (exact) mass is 309 g/mol. The molecule has 0 unspecified atom stereocenters. The first kappa shape index (κ1) is 15.9. The SMILES string of the molecule is CC1(C)CN(S(=O)(=O)c2cccnc2C#N)CC(C)(C)O1. The Balaban J connectivity index is 2.47. The van der Waals surface area contributed by atoms with Gasteiger partial charge < -0.3 is 4.74 Å². The fourth-order valence-corrected chi connectivity index (χ4v) is 4.54. The summed E-state index contributed by atoms with van der Waals surface area (Å²) in [5.74, 6) is 0. The van der Waals surface area contributed by atoms with Crippen LogP contribution in [0.3, 0.4) is 0 Å². The van der Waals surface area contributed by atoms with Crippen LogP contribution in [0.15, 0.2) is 23.2 Å². The van der Waals surface area contributed by atoms with Crippen LogP contribution in [0.1, 0.15) is 33.4 Å². The Bertz CT molecular complexity index is 674. The molecule has 0 radical (unpaired) electrons. The number of ether oxygens (including phenoxy) is 1. The average molecular weight is 309 g/mol. The summed E-state index contributed by atoms with van der Waals surface area (Å²) in [5, 5.41) is 9.07. The average Bonchev–Trinajstić information content (AvgIpc) is 2.35. The van der Waals surface area contributed by atoms with Gasteiger partial charge in [0.1, 0.15) is 11.0 Å². The molecule has 2 heterocycles. The van der Waals surface area contributed by atoms with E-state index < -0.39 is 21.2 Å². The highest BCUT2D eigenvalue weighted by Crippen LogP contribution is 2.32. The van der Waals surface area contributed by atoms with Gasteiger partial charge in [0.05, 0.1) is 11.2 Å². The molecule has 1 aliphatic rings. The second-order valence-electron chi connectivity index (χ2n) is 6.36. The van der Waals surface area contributed by atoms with Crippen molar-refractivity contribution in [3.05, 3.63) is 24.0 Å². The van der Waals surface area contributed by atoms with Gasteiger partial charge in [-0.15, -0.1) is 0 Å². The van der Waals surface area contributed by atoms with Crippen molar-refractivity contribution in [1.29, 1.82) is 5.26 Å². The van der Waals surface area contributed by atoms with Gasteiger partial charge in [-0.3, -0.25) is 0 Å². The first-order chi connectivity index (χ1) is 9.57. The maximum absolute atomic E-state index is 12.8. The third-order valence-corrected chi connectivity index (χ3v) is 4.98. The molecule has 0 bridgehead atoms. The minimum atomic E-state index is -3.78. The number of hydrogen-bond donors (Lipinski definition) is 0. The van der Waals surface area contributed by atoms with Crippen molar-refractivity contribution in [2.24, 2.45) is 0 Å². The normalized spacial score (nSPS) is 21.7. The molecular formula is C14H19N3O3S. The fraction of sp³-hybridized carbons (Fsp3) is 0.571. The second-order valence-corrected chi connectivity index (χ2v) is 8.26. The Labute approximate surface area is 125 Å². The fourth-order valence-electron chi connectivity index (χ4n) is 2.71. The number of nitriles is 1. The van der Waals surface area contributed by atoms with Crippen molar-refractivity contribution < 1.29 is 13.2 Å². The van der Waals surface area contributed by atoms with Gasteiger partial charge in [-0.2, -0.15) is 9.57 Å². The molecule has 21 heavy (non-hydrogen) atoms. The van der Waals surface area contributed by atoms with Crippen LogP contribution in [0.2, 0.25) is 0 Å². The van der Waals surface area contributed by atoms with E-state index in [-0.39, 0.29) is 23.7 Å². The summed E-state index contributed by atoms with van der Waals surface area (Å²) in [6.45, 7) is 7.88. The summed E-state index contributed by atoms with van der Waals surface area (Å²) < 4.78 is 32.9. The topological polar surface area (TPSA) is 83.3 Å². The maximum atomic E-state index is 12.8. The van der Waals surface area contributed by atoms with Crippen molar-refractivity contribution in [3.63, 3.8) is 0 Å². The second kappa shape index (κ2) is 5.05. The first-order valence-electron chi connectivity index (χ1n) is 6.63. The van der Waals surface area contributed by atoms with Gasteiger partial charge in [-0.05, 0) is 39.8 Å². The third kappa shape index (κ3) is 3.23. The predicted molar refractivity (Wildman–Crippen MR) is 77.0 cm³/mol. The number of rotatable bonds is 2. The highest BCUT2D eigenvalue weighted by molar-refractivity contribution is 7.89. The lowest BCUT2D eigenvalue weighted by Gasteiger charge is -2.46. The standard InChI is InChI=1S/C14H19N3O3S/c1-13(2)9-17(10-14(3,4)20-13)21(18,19)12-6-5-7-16-11(12)8-15/h5-7H,9-10H2,1-4H3. The zero-order valence-corrected chi connectivity index (χ0v) is 13.4. The first-order valence-corrected chi connectivity index (χ1v) is 8.07. The van der Waals surface area contributed by atoms with Crippen LogP contribution < -0.4 is 0 Å². The van der Waals surface area contributed by atoms with E-state index in [1.807, 2.05) is 33.8 Å². The van der Waals surface area contributed by atoms with Crippen LogP contribution in [-0.2, 0) is 14.8 Å². The van der Waals surface area contributed by atoms with Crippen molar-refractivity contribution in [2.45, 2.75) is 43.8 Å². The van der Waals surface area contributed by atoms with Crippen LogP contribution in [0.25, 0.3) is 0 Å². The molecule has 114 valence electrons. The van der Waals surface area contributed by atoms with E-state index in [9.17, 15) is 8.42 Å². The molecule has 0 aliphatic carbocycles. The number of nitrogens with zero attached hydrogens (tertiary/aromatic N) is 3. The maximum Gasteiger partial charge on any atom is 0.246 e. The quantitative estimate of drug-likeness (QED) is 0.827. The molecule has 0 aromatic carbocycles. The number of pyridine rings is 1. The van der Waals surface area contributed by atoms with Gasteiger partial charge in [0.15, 0.2) is 5.69 Å². The van der Waals surface area contributed by atoms with Crippen molar-refractivity contribution >= 4 is 10.0 Å². The number of hydrogen-bond acceptors (Lipinski definition) is 5. The smallest absolute Gasteiger partial charge is 0.246 e. The lowest BCUT2D eigenvalue weighted by molar-refractivity contribution is -0.163. The largest absolute Gasteiger partial charge is 0.367 e. The Morgan fingerprint density at radius 2 is 1.86 bits per heavy atom. The van der Waals surface area contributed by atoms with Crippen LogP contribution >= 0.6 is 0 Å². The summed E-state index contributed by atoms with van der Waals surface area (Å²) in [6.07, 6.45) is 1.41. The molecule has 2 rings (SSSR count). The van der Waals surface area contributed by atoms with E-state index in [4.69, 9.17) is 10.00 Å². The molecule has 1 fully saturated rings. The minimum Gasteiger partial charge on any atom is -0.367 e. The van der Waals surface area contributed by atoms with E-state index in [0.717, 1.165) is 0 Å².